The van der Waals surface area contributed by atoms with Gasteiger partial charge in [0, 0.05) is 17.8 Å². The highest BCUT2D eigenvalue weighted by Crippen LogP contribution is 2.32. The number of aromatic nitrogens is 4. The van der Waals surface area contributed by atoms with Crippen LogP contribution in [-0.2, 0) is 27.3 Å². The molecule has 2 aromatic carbocycles. The van der Waals surface area contributed by atoms with E-state index < -0.39 is 35.9 Å². The van der Waals surface area contributed by atoms with E-state index in [9.17, 15) is 19.2 Å². The molecule has 1 aliphatic rings. The molecule has 1 aromatic heterocycles. The number of rotatable bonds is 10. The number of aromatic amines is 1. The molecule has 0 fully saturated rings. The maximum Gasteiger partial charge on any atom is 0.413 e. The number of benzene rings is 2. The fraction of sp³-hybridized carbons (Fsp3) is 0.346. The molecule has 1 aliphatic heterocycles. The quantitative estimate of drug-likeness (QED) is 0.226. The minimum absolute atomic E-state index is 0.0374. The number of nitrogens with one attached hydrogen (secondary N) is 4. The molecule has 0 aliphatic carbocycles. The van der Waals surface area contributed by atoms with Crippen LogP contribution in [0.5, 0.6) is 5.75 Å². The van der Waals surface area contributed by atoms with Gasteiger partial charge in [-0.1, -0.05) is 43.7 Å². The van der Waals surface area contributed by atoms with E-state index in [-0.39, 0.29) is 24.8 Å². The van der Waals surface area contributed by atoms with Gasteiger partial charge in [0.1, 0.15) is 17.8 Å². The number of nitrogen functional groups attached to an aromatic ring is 1. The predicted molar refractivity (Wildman–Crippen MR) is 144 cm³/mol. The van der Waals surface area contributed by atoms with Crippen LogP contribution in [0.1, 0.15) is 31.7 Å². The van der Waals surface area contributed by atoms with Crippen molar-refractivity contribution in [3.63, 3.8) is 0 Å². The van der Waals surface area contributed by atoms with Crippen LogP contribution >= 0.6 is 0 Å². The number of anilines is 2. The smallest absolute Gasteiger partial charge is 0.410 e. The molecule has 0 spiro atoms. The van der Waals surface area contributed by atoms with Crippen molar-refractivity contribution < 1.29 is 23.9 Å². The summed E-state index contributed by atoms with van der Waals surface area (Å²) >= 11 is 0. The van der Waals surface area contributed by atoms with Crippen LogP contribution in [0.15, 0.2) is 48.5 Å². The zero-order chi connectivity index (χ0) is 28.6. The second kappa shape index (κ2) is 12.7. The number of carbonyl (C=O) groups is 4. The number of hydrogen-bond acceptors (Lipinski definition) is 9. The van der Waals surface area contributed by atoms with E-state index in [0.29, 0.717) is 30.0 Å². The minimum Gasteiger partial charge on any atom is -0.410 e. The lowest BCUT2D eigenvalue weighted by Crippen LogP contribution is -2.54. The van der Waals surface area contributed by atoms with Crippen LogP contribution in [0.3, 0.4) is 0 Å². The lowest BCUT2D eigenvalue weighted by Gasteiger charge is -2.26. The Morgan fingerprint density at radius 3 is 2.58 bits per heavy atom. The van der Waals surface area contributed by atoms with Gasteiger partial charge in [0.25, 0.3) is 0 Å². The van der Waals surface area contributed by atoms with Crippen molar-refractivity contribution in [1.82, 2.24) is 36.6 Å². The molecule has 4 rings (SSSR count). The van der Waals surface area contributed by atoms with Crippen LogP contribution in [0.25, 0.3) is 0 Å². The standard InChI is InChI=1S/C26H31N9O5/c1-3-15(2)23(30-26(39)40-18-10-8-17(27)9-11-18)25(38)29-14-22(36)35-19-7-5-4-6-16(19)12-20(35)24(37)28-13-21-31-33-34-32-21/h4-11,15,20,23H,3,12-14,27H2,1-2H3,(H,28,37)(H,29,38)(H,30,39)(H,31,32,33,34)/t15-,20-,23?/m0/s1. The average Bonchev–Trinajstić information content (AvgIpc) is 3.62. The van der Waals surface area contributed by atoms with Crippen molar-refractivity contribution in [2.75, 3.05) is 17.2 Å². The van der Waals surface area contributed by atoms with Crippen molar-refractivity contribution in [2.24, 2.45) is 5.92 Å². The van der Waals surface area contributed by atoms with Crippen LogP contribution in [0.2, 0.25) is 0 Å². The summed E-state index contributed by atoms with van der Waals surface area (Å²) in [6.07, 6.45) is 0.0708. The number of amides is 4. The number of hydrogen-bond donors (Lipinski definition) is 5. The summed E-state index contributed by atoms with van der Waals surface area (Å²) in [4.78, 5) is 53.4. The molecular formula is C26H31N9O5. The van der Waals surface area contributed by atoms with E-state index >= 15 is 0 Å². The lowest BCUT2D eigenvalue weighted by molar-refractivity contribution is -0.128. The van der Waals surface area contributed by atoms with Gasteiger partial charge < -0.3 is 26.4 Å². The Labute approximate surface area is 230 Å². The Kier molecular flexibility index (Phi) is 8.89. The molecule has 14 heteroatoms. The molecule has 6 N–H and O–H groups in total. The van der Waals surface area contributed by atoms with Crippen molar-refractivity contribution in [3.8, 4) is 5.75 Å². The number of carbonyl (C=O) groups excluding carboxylic acids is 4. The van der Waals surface area contributed by atoms with Crippen molar-refractivity contribution in [2.45, 2.75) is 45.3 Å². The Morgan fingerprint density at radius 1 is 1.12 bits per heavy atom. The zero-order valence-corrected chi connectivity index (χ0v) is 22.1. The predicted octanol–water partition coefficient (Wildman–Crippen LogP) is 0.676. The molecular weight excluding hydrogens is 518 g/mol. The molecule has 1 unspecified atom stereocenters. The second-order valence-corrected chi connectivity index (χ2v) is 9.34. The molecule has 0 bridgehead atoms. The van der Waals surface area contributed by atoms with Crippen molar-refractivity contribution >= 4 is 35.2 Å². The normalized spacial score (nSPS) is 15.4. The molecule has 40 heavy (non-hydrogen) atoms. The average molecular weight is 550 g/mol. The fourth-order valence-electron chi connectivity index (χ4n) is 4.30. The van der Waals surface area contributed by atoms with Gasteiger partial charge >= 0.3 is 6.09 Å². The second-order valence-electron chi connectivity index (χ2n) is 9.34. The van der Waals surface area contributed by atoms with Crippen LogP contribution in [-0.4, -0.2) is 63.1 Å². The van der Waals surface area contributed by atoms with Gasteiger partial charge in [-0.15, -0.1) is 10.2 Å². The van der Waals surface area contributed by atoms with E-state index in [1.165, 1.54) is 17.0 Å². The van der Waals surface area contributed by atoms with Gasteiger partial charge in [-0.05, 0) is 41.8 Å². The van der Waals surface area contributed by atoms with Crippen LogP contribution in [0.4, 0.5) is 16.2 Å². The van der Waals surface area contributed by atoms with Crippen molar-refractivity contribution in [3.05, 3.63) is 59.9 Å². The first kappa shape index (κ1) is 28.0. The van der Waals surface area contributed by atoms with Crippen LogP contribution < -0.4 is 31.3 Å². The first-order valence-electron chi connectivity index (χ1n) is 12.8. The van der Waals surface area contributed by atoms with E-state index in [0.717, 1.165) is 5.56 Å². The molecule has 3 aromatic rings. The maximum atomic E-state index is 13.4. The molecule has 14 nitrogen and oxygen atoms in total. The van der Waals surface area contributed by atoms with Crippen molar-refractivity contribution in [1.29, 1.82) is 0 Å². The number of tetrazole rings is 1. The fourth-order valence-corrected chi connectivity index (χ4v) is 4.30. The molecule has 2 heterocycles. The Morgan fingerprint density at radius 2 is 1.88 bits per heavy atom. The third kappa shape index (κ3) is 6.70. The summed E-state index contributed by atoms with van der Waals surface area (Å²) in [6.45, 7) is 3.33. The van der Waals surface area contributed by atoms with Gasteiger partial charge in [0.05, 0.1) is 13.1 Å². The Balaban J connectivity index is 1.40. The summed E-state index contributed by atoms with van der Waals surface area (Å²) in [5, 5.41) is 21.3. The van der Waals surface area contributed by atoms with Gasteiger partial charge in [-0.3, -0.25) is 19.3 Å². The number of fused-ring (bicyclic) bond motifs is 1. The Hall–Kier alpha value is -5.01. The lowest BCUT2D eigenvalue weighted by atomic mass is 9.98. The highest BCUT2D eigenvalue weighted by atomic mass is 16.6. The summed E-state index contributed by atoms with van der Waals surface area (Å²) in [6, 6.07) is 11.6. The number of nitrogens with zero attached hydrogens (tertiary/aromatic N) is 4. The van der Waals surface area contributed by atoms with Gasteiger partial charge in [0.15, 0.2) is 5.82 Å². The van der Waals surface area contributed by atoms with Gasteiger partial charge in [0.2, 0.25) is 17.7 Å². The first-order valence-corrected chi connectivity index (χ1v) is 12.8. The molecule has 0 radical (unpaired) electrons. The minimum atomic E-state index is -0.959. The summed E-state index contributed by atoms with van der Waals surface area (Å²) in [5.74, 6) is -1.13. The third-order valence-corrected chi connectivity index (χ3v) is 6.63. The highest BCUT2D eigenvalue weighted by Gasteiger charge is 2.38. The topological polar surface area (TPSA) is 197 Å². The maximum absolute atomic E-state index is 13.4. The van der Waals surface area contributed by atoms with E-state index in [1.54, 1.807) is 31.2 Å². The summed E-state index contributed by atoms with van der Waals surface area (Å²) < 4.78 is 5.26. The van der Waals surface area contributed by atoms with E-state index in [4.69, 9.17) is 10.5 Å². The molecule has 0 saturated heterocycles. The number of ether oxygens (including phenoxy) is 1. The van der Waals surface area contributed by atoms with E-state index in [1.807, 2.05) is 19.1 Å². The van der Waals surface area contributed by atoms with E-state index in [2.05, 4.69) is 36.6 Å². The molecule has 210 valence electrons. The first-order chi connectivity index (χ1) is 19.3. The van der Waals surface area contributed by atoms with Gasteiger partial charge in [-0.25, -0.2) is 4.79 Å². The SMILES string of the molecule is CC[C@H](C)C(NC(=O)Oc1ccc(N)cc1)C(=O)NCC(=O)N1c2ccccc2C[C@H]1C(=O)NCc1nn[nH]n1. The largest absolute Gasteiger partial charge is 0.413 e. The summed E-state index contributed by atoms with van der Waals surface area (Å²) in [5.41, 5.74) is 7.58. The number of nitrogens with two attached hydrogens (primary N) is 1. The molecule has 4 amide bonds. The number of H-pyrrole nitrogens is 1. The molecule has 0 saturated carbocycles. The van der Waals surface area contributed by atoms with Crippen LogP contribution in [0, 0.1) is 5.92 Å². The highest BCUT2D eigenvalue weighted by molar-refractivity contribution is 6.05. The molecule has 3 atom stereocenters. The third-order valence-electron chi connectivity index (χ3n) is 6.63. The summed E-state index contributed by atoms with van der Waals surface area (Å²) in [7, 11) is 0. The Bertz CT molecular complexity index is 1350. The number of para-hydroxylation sites is 1. The van der Waals surface area contributed by atoms with Gasteiger partial charge in [-0.2, -0.15) is 5.21 Å². The zero-order valence-electron chi connectivity index (χ0n) is 22.1. The monoisotopic (exact) mass is 549 g/mol.